The standard InChI is InChI=1S/C28H21ClN4O7/c1-3-38-28(35)16(2)39-25-20(29)12-17(13-22(25)33(36)37)15-30-32-26(24-14-18-8-4-7-11-23(18)40-24)31-21-10-6-5-9-19(21)27(32)34/h4-16H,3H2,1-2H3/t16-/m0/s1. The lowest BCUT2D eigenvalue weighted by Gasteiger charge is -2.14. The molecule has 0 saturated heterocycles. The summed E-state index contributed by atoms with van der Waals surface area (Å²) in [7, 11) is 0. The molecule has 0 bridgehead atoms. The quantitative estimate of drug-likeness (QED) is 0.104. The Labute approximate surface area is 231 Å². The van der Waals surface area contributed by atoms with Crippen molar-refractivity contribution in [1.29, 1.82) is 0 Å². The maximum absolute atomic E-state index is 13.5. The molecule has 0 aliphatic rings. The first kappa shape index (κ1) is 26.6. The van der Waals surface area contributed by atoms with Gasteiger partial charge in [-0.2, -0.15) is 9.78 Å². The molecule has 5 aromatic rings. The van der Waals surface area contributed by atoms with Crippen LogP contribution < -0.4 is 10.3 Å². The number of carbonyl (C=O) groups excluding carboxylic acids is 1. The Morgan fingerprint density at radius 3 is 2.70 bits per heavy atom. The molecule has 0 saturated carbocycles. The molecule has 3 aromatic carbocycles. The average molecular weight is 561 g/mol. The minimum absolute atomic E-state index is 0.122. The van der Waals surface area contributed by atoms with Crippen molar-refractivity contribution in [3.05, 3.63) is 97.8 Å². The fraction of sp³-hybridized carbons (Fsp3) is 0.143. The summed E-state index contributed by atoms with van der Waals surface area (Å²) < 4.78 is 17.4. The lowest BCUT2D eigenvalue weighted by atomic mass is 10.2. The predicted molar refractivity (Wildman–Crippen MR) is 149 cm³/mol. The van der Waals surface area contributed by atoms with Gasteiger partial charge in [0.25, 0.3) is 5.56 Å². The fourth-order valence-corrected chi connectivity index (χ4v) is 4.28. The third-order valence-electron chi connectivity index (χ3n) is 5.88. The topological polar surface area (TPSA) is 139 Å². The largest absolute Gasteiger partial charge is 0.471 e. The number of rotatable bonds is 8. The third-order valence-corrected chi connectivity index (χ3v) is 6.16. The molecule has 0 aliphatic heterocycles. The molecule has 202 valence electrons. The van der Waals surface area contributed by atoms with E-state index in [-0.39, 0.29) is 28.8 Å². The molecule has 0 fully saturated rings. The van der Waals surface area contributed by atoms with Crippen LogP contribution in [-0.4, -0.2) is 39.5 Å². The Morgan fingerprint density at radius 2 is 1.95 bits per heavy atom. The Bertz CT molecular complexity index is 1830. The molecule has 40 heavy (non-hydrogen) atoms. The monoisotopic (exact) mass is 560 g/mol. The van der Waals surface area contributed by atoms with Crippen LogP contribution in [-0.2, 0) is 9.53 Å². The van der Waals surface area contributed by atoms with E-state index in [1.807, 2.05) is 18.2 Å². The first-order chi connectivity index (χ1) is 19.3. The number of para-hydroxylation sites is 2. The number of hydrogen-bond donors (Lipinski definition) is 0. The van der Waals surface area contributed by atoms with Crippen molar-refractivity contribution in [1.82, 2.24) is 9.66 Å². The van der Waals surface area contributed by atoms with Crippen LogP contribution in [0.3, 0.4) is 0 Å². The molecule has 0 aliphatic carbocycles. The van der Waals surface area contributed by atoms with E-state index in [0.717, 1.165) is 10.1 Å². The van der Waals surface area contributed by atoms with Crippen LogP contribution in [0.2, 0.25) is 5.02 Å². The molecule has 2 heterocycles. The van der Waals surface area contributed by atoms with Crippen LogP contribution in [0.25, 0.3) is 33.5 Å². The van der Waals surface area contributed by atoms with E-state index in [1.165, 1.54) is 25.3 Å². The van der Waals surface area contributed by atoms with Gasteiger partial charge in [0.15, 0.2) is 11.9 Å². The maximum atomic E-state index is 13.5. The predicted octanol–water partition coefficient (Wildman–Crippen LogP) is 5.58. The number of nitrogens with zero attached hydrogens (tertiary/aromatic N) is 4. The number of nitro benzene ring substituents is 1. The number of furan rings is 1. The highest BCUT2D eigenvalue weighted by molar-refractivity contribution is 6.32. The number of benzene rings is 3. The van der Waals surface area contributed by atoms with E-state index < -0.39 is 28.2 Å². The summed E-state index contributed by atoms with van der Waals surface area (Å²) in [6, 6.07) is 18.4. The zero-order valence-electron chi connectivity index (χ0n) is 21.2. The molecule has 12 heteroatoms. The second kappa shape index (κ2) is 11.0. The molecule has 0 N–H and O–H groups in total. The van der Waals surface area contributed by atoms with Gasteiger partial charge in [-0.15, -0.1) is 0 Å². The molecule has 11 nitrogen and oxygen atoms in total. The Morgan fingerprint density at radius 1 is 1.20 bits per heavy atom. The maximum Gasteiger partial charge on any atom is 0.347 e. The molecular weight excluding hydrogens is 540 g/mol. The lowest BCUT2D eigenvalue weighted by Crippen LogP contribution is -2.26. The molecule has 0 spiro atoms. The van der Waals surface area contributed by atoms with E-state index in [9.17, 15) is 19.7 Å². The van der Waals surface area contributed by atoms with Gasteiger partial charge >= 0.3 is 11.7 Å². The van der Waals surface area contributed by atoms with Crippen LogP contribution in [0.4, 0.5) is 5.69 Å². The zero-order valence-corrected chi connectivity index (χ0v) is 22.0. The summed E-state index contributed by atoms with van der Waals surface area (Å²) in [5.41, 5.74) is 0.284. The van der Waals surface area contributed by atoms with E-state index in [0.29, 0.717) is 22.2 Å². The number of halogens is 1. The van der Waals surface area contributed by atoms with Crippen LogP contribution in [0.15, 0.2) is 81.0 Å². The van der Waals surface area contributed by atoms with Gasteiger partial charge in [0.2, 0.25) is 11.6 Å². The van der Waals surface area contributed by atoms with Crippen LogP contribution >= 0.6 is 11.6 Å². The number of aromatic nitrogens is 2. The van der Waals surface area contributed by atoms with Crippen LogP contribution in [0.5, 0.6) is 5.75 Å². The summed E-state index contributed by atoms with van der Waals surface area (Å²) in [5.74, 6) is -0.543. The molecule has 0 radical (unpaired) electrons. The fourth-order valence-electron chi connectivity index (χ4n) is 4.02. The number of esters is 1. The van der Waals surface area contributed by atoms with Crippen molar-refractivity contribution in [3.63, 3.8) is 0 Å². The number of ether oxygens (including phenoxy) is 2. The highest BCUT2D eigenvalue weighted by atomic mass is 35.5. The number of nitro groups is 1. The first-order valence-corrected chi connectivity index (χ1v) is 12.5. The highest BCUT2D eigenvalue weighted by Gasteiger charge is 2.26. The van der Waals surface area contributed by atoms with Crippen LogP contribution in [0.1, 0.15) is 19.4 Å². The second-order valence-electron chi connectivity index (χ2n) is 8.58. The van der Waals surface area contributed by atoms with Crippen LogP contribution in [0, 0.1) is 10.1 Å². The van der Waals surface area contributed by atoms with Gasteiger partial charge in [-0.05, 0) is 44.2 Å². The van der Waals surface area contributed by atoms with Gasteiger partial charge in [-0.25, -0.2) is 9.78 Å². The van der Waals surface area contributed by atoms with Gasteiger partial charge in [0, 0.05) is 17.0 Å². The average Bonchev–Trinajstić information content (AvgIpc) is 3.38. The minimum atomic E-state index is -1.13. The summed E-state index contributed by atoms with van der Waals surface area (Å²) in [5, 5.41) is 17.1. The molecular formula is C28H21ClN4O7. The van der Waals surface area contributed by atoms with Gasteiger partial charge in [-0.1, -0.05) is 41.9 Å². The van der Waals surface area contributed by atoms with E-state index in [1.54, 1.807) is 43.3 Å². The Kier molecular flexibility index (Phi) is 7.30. The third kappa shape index (κ3) is 5.14. The molecule has 5 rings (SSSR count). The normalized spacial score (nSPS) is 12.2. The Balaban J connectivity index is 1.60. The van der Waals surface area contributed by atoms with Gasteiger partial charge in [-0.3, -0.25) is 14.9 Å². The number of carbonyl (C=O) groups is 1. The lowest BCUT2D eigenvalue weighted by molar-refractivity contribution is -0.386. The van der Waals surface area contributed by atoms with E-state index >= 15 is 0 Å². The number of hydrogen-bond acceptors (Lipinski definition) is 9. The summed E-state index contributed by atoms with van der Waals surface area (Å²) in [4.78, 5) is 41.2. The van der Waals surface area contributed by atoms with Crippen molar-refractivity contribution >= 4 is 51.3 Å². The summed E-state index contributed by atoms with van der Waals surface area (Å²) in [6.07, 6.45) is 0.103. The molecule has 1 atom stereocenters. The minimum Gasteiger partial charge on any atom is -0.471 e. The molecule has 0 amide bonds. The summed E-state index contributed by atoms with van der Waals surface area (Å²) in [6.45, 7) is 3.15. The van der Waals surface area contributed by atoms with Crippen molar-refractivity contribution in [2.75, 3.05) is 6.61 Å². The number of fused-ring (bicyclic) bond motifs is 2. The van der Waals surface area contributed by atoms with E-state index in [2.05, 4.69) is 10.1 Å². The zero-order chi connectivity index (χ0) is 28.4. The first-order valence-electron chi connectivity index (χ1n) is 12.1. The van der Waals surface area contributed by atoms with Gasteiger partial charge < -0.3 is 13.9 Å². The summed E-state index contributed by atoms with van der Waals surface area (Å²) >= 11 is 6.33. The second-order valence-corrected chi connectivity index (χ2v) is 8.99. The van der Waals surface area contributed by atoms with Crippen molar-refractivity contribution in [3.8, 4) is 17.3 Å². The van der Waals surface area contributed by atoms with Crippen molar-refractivity contribution in [2.45, 2.75) is 20.0 Å². The molecule has 2 aromatic heterocycles. The van der Waals surface area contributed by atoms with Gasteiger partial charge in [0.05, 0.1) is 33.7 Å². The smallest absolute Gasteiger partial charge is 0.347 e. The molecule has 0 unspecified atom stereocenters. The van der Waals surface area contributed by atoms with Gasteiger partial charge in [0.1, 0.15) is 5.58 Å². The highest BCUT2D eigenvalue weighted by Crippen LogP contribution is 2.37. The van der Waals surface area contributed by atoms with Crippen molar-refractivity contribution in [2.24, 2.45) is 5.10 Å². The van der Waals surface area contributed by atoms with Crippen molar-refractivity contribution < 1.29 is 23.6 Å². The van der Waals surface area contributed by atoms with E-state index in [4.69, 9.17) is 25.5 Å². The Hall–Kier alpha value is -5.03. The SMILES string of the molecule is CCOC(=O)[C@H](C)Oc1c(Cl)cc(C=Nn2c(-c3cc4ccccc4o3)nc3ccccc3c2=O)cc1[N+](=O)[O-].